The molecule has 1 heterocycles. The summed E-state index contributed by atoms with van der Waals surface area (Å²) in [6, 6.07) is 15.8. The molecule has 0 spiro atoms. The zero-order valence-corrected chi connectivity index (χ0v) is 31.5. The maximum absolute atomic E-state index is 4.62. The zero-order valence-electron chi connectivity index (χ0n) is 27.3. The molecule has 0 aliphatic heterocycles. The molecule has 4 nitrogen and oxygen atoms in total. The predicted molar refractivity (Wildman–Crippen MR) is 175 cm³/mol. The van der Waals surface area contributed by atoms with Gasteiger partial charge in [0.15, 0.2) is 0 Å². The Morgan fingerprint density at radius 3 is 1.35 bits per heavy atom. The van der Waals surface area contributed by atoms with Crippen LogP contribution in [0.2, 0.25) is 0 Å². The van der Waals surface area contributed by atoms with Crippen LogP contribution in [0.5, 0.6) is 0 Å². The Morgan fingerprint density at radius 2 is 1.02 bits per heavy atom. The molecule has 0 saturated carbocycles. The van der Waals surface area contributed by atoms with E-state index in [0.717, 1.165) is 89.8 Å². The first-order valence-electron chi connectivity index (χ1n) is 16.0. The van der Waals surface area contributed by atoms with E-state index in [4.69, 9.17) is 0 Å². The fraction of sp³-hybridized carbons (Fsp3) is 0.528. The van der Waals surface area contributed by atoms with E-state index in [2.05, 4.69) is 98.5 Å². The van der Waals surface area contributed by atoms with Crippen LogP contribution in [0.15, 0.2) is 48.7 Å². The summed E-state index contributed by atoms with van der Waals surface area (Å²) in [7, 11) is 0. The van der Waals surface area contributed by atoms with Crippen molar-refractivity contribution in [1.82, 2.24) is 9.88 Å². The number of hydrogen-bond acceptors (Lipinski definition) is 4. The molecule has 3 rings (SSSR count). The van der Waals surface area contributed by atoms with E-state index in [1.807, 2.05) is 12.3 Å². The molecular formula is C36H54Br2CoN4. The first-order valence-corrected chi connectivity index (χ1v) is 16.0. The summed E-state index contributed by atoms with van der Waals surface area (Å²) in [6.07, 6.45) is 10.6. The van der Waals surface area contributed by atoms with Gasteiger partial charge in [0.2, 0.25) is 0 Å². The smallest absolute Gasteiger partial charge is 1.00 e. The van der Waals surface area contributed by atoms with Gasteiger partial charge in [0.05, 0.1) is 5.69 Å². The van der Waals surface area contributed by atoms with Gasteiger partial charge < -0.3 is 44.6 Å². The first kappa shape index (κ1) is 41.6. The van der Waals surface area contributed by atoms with Gasteiger partial charge in [0.1, 0.15) is 0 Å². The van der Waals surface area contributed by atoms with Crippen LogP contribution in [0, 0.1) is 0 Å². The Balaban J connectivity index is 0.00000588. The molecule has 0 fully saturated rings. The summed E-state index contributed by atoms with van der Waals surface area (Å²) >= 11 is 0. The molecule has 7 heteroatoms. The molecule has 1 radical (unpaired) electrons. The number of nitrogens with zero attached hydrogens (tertiary/aromatic N) is 2. The number of rotatable bonds is 18. The van der Waals surface area contributed by atoms with Gasteiger partial charge in [-0.05, 0) is 96.9 Å². The van der Waals surface area contributed by atoms with Gasteiger partial charge in [-0.2, -0.15) is 0 Å². The maximum Gasteiger partial charge on any atom is 2.00 e. The van der Waals surface area contributed by atoms with Crippen molar-refractivity contribution in [2.24, 2.45) is 0 Å². The third kappa shape index (κ3) is 12.9. The van der Waals surface area contributed by atoms with Crippen LogP contribution < -0.4 is 44.6 Å². The average molecular weight is 762 g/mol. The van der Waals surface area contributed by atoms with Gasteiger partial charge in [-0.15, -0.1) is 0 Å². The summed E-state index contributed by atoms with van der Waals surface area (Å²) in [5.74, 6) is 0. The molecule has 0 aliphatic carbocycles. The van der Waals surface area contributed by atoms with Crippen LogP contribution in [-0.2, 0) is 61.8 Å². The number of aromatic nitrogens is 1. The Labute approximate surface area is 294 Å². The molecule has 43 heavy (non-hydrogen) atoms. The SMILES string of the molecule is CCc1cc(CC)c(NCCCN(CCCNc2c(CC)cc(CC)cc2CC)Cc2ccccn2)c(CC)c1.[Br-].[Br-].[Co+2]. The van der Waals surface area contributed by atoms with Crippen molar-refractivity contribution in [2.75, 3.05) is 36.8 Å². The van der Waals surface area contributed by atoms with Crippen LogP contribution in [0.4, 0.5) is 11.4 Å². The largest absolute Gasteiger partial charge is 2.00 e. The summed E-state index contributed by atoms with van der Waals surface area (Å²) in [4.78, 5) is 7.20. The summed E-state index contributed by atoms with van der Waals surface area (Å²) in [6.45, 7) is 18.6. The van der Waals surface area contributed by atoms with Gasteiger partial charge in [0.25, 0.3) is 0 Å². The first-order chi connectivity index (χ1) is 19.6. The Bertz CT molecular complexity index is 1050. The number of hydrogen-bond donors (Lipinski definition) is 2. The molecule has 0 amide bonds. The Kier molecular flexibility index (Phi) is 22.3. The molecule has 2 aromatic carbocycles. The number of nitrogens with one attached hydrogen (secondary N) is 2. The summed E-state index contributed by atoms with van der Waals surface area (Å²) < 4.78 is 0. The van der Waals surface area contributed by atoms with Gasteiger partial charge in [-0.3, -0.25) is 9.88 Å². The predicted octanol–water partition coefficient (Wildman–Crippen LogP) is 2.27. The molecule has 0 aliphatic rings. The molecule has 2 N–H and O–H groups in total. The molecule has 3 aromatic rings. The van der Waals surface area contributed by atoms with Crippen LogP contribution in [-0.4, -0.2) is 36.1 Å². The average Bonchev–Trinajstić information content (AvgIpc) is 3.00. The van der Waals surface area contributed by atoms with Crippen LogP contribution in [0.3, 0.4) is 0 Å². The maximum atomic E-state index is 4.62. The van der Waals surface area contributed by atoms with E-state index < -0.39 is 0 Å². The second kappa shape index (κ2) is 23.0. The number of pyridine rings is 1. The molecule has 0 unspecified atom stereocenters. The van der Waals surface area contributed by atoms with E-state index in [0.29, 0.717) is 0 Å². The molecule has 0 saturated heterocycles. The number of aryl methyl sites for hydroxylation is 6. The van der Waals surface area contributed by atoms with E-state index in [1.54, 1.807) is 0 Å². The minimum Gasteiger partial charge on any atom is -1.00 e. The normalized spacial score (nSPS) is 10.5. The van der Waals surface area contributed by atoms with Crippen LogP contribution in [0.1, 0.15) is 93.5 Å². The van der Waals surface area contributed by atoms with Gasteiger partial charge in [0, 0.05) is 50.3 Å². The molecule has 0 atom stereocenters. The number of halogens is 2. The monoisotopic (exact) mass is 759 g/mol. The van der Waals surface area contributed by atoms with Crippen molar-refractivity contribution in [2.45, 2.75) is 99.5 Å². The number of benzene rings is 2. The van der Waals surface area contributed by atoms with Crippen molar-refractivity contribution >= 4 is 11.4 Å². The fourth-order valence-electron chi connectivity index (χ4n) is 5.68. The van der Waals surface area contributed by atoms with Gasteiger partial charge >= 0.3 is 16.8 Å². The van der Waals surface area contributed by atoms with Crippen molar-refractivity contribution in [1.29, 1.82) is 0 Å². The van der Waals surface area contributed by atoms with Crippen molar-refractivity contribution < 1.29 is 50.7 Å². The summed E-state index contributed by atoms with van der Waals surface area (Å²) in [5.41, 5.74) is 12.6. The third-order valence-electron chi connectivity index (χ3n) is 8.08. The summed E-state index contributed by atoms with van der Waals surface area (Å²) in [5, 5.41) is 7.65. The second-order valence-electron chi connectivity index (χ2n) is 10.9. The third-order valence-corrected chi connectivity index (χ3v) is 8.08. The molecule has 1 aromatic heterocycles. The standard InChI is InChI=1S/C36H54N4.2BrH.Co/c1-7-28-23-30(9-3)35(31(10-4)24-28)38-19-15-21-40(27-34-17-13-14-18-37-34)22-16-20-39-36-32(11-5)25-29(8-2)26-33(36)12-6;;;/h13-14,17-18,23-26,38-39H,7-12,15-16,19-22,27H2,1-6H3;2*1H;/q;;;+2/p-2. The quantitative estimate of drug-likeness (QED) is 0.196. The van der Waals surface area contributed by atoms with Crippen LogP contribution >= 0.6 is 0 Å². The molecule has 0 bridgehead atoms. The van der Waals surface area contributed by atoms with Crippen molar-refractivity contribution in [3.8, 4) is 0 Å². The van der Waals surface area contributed by atoms with E-state index >= 15 is 0 Å². The number of anilines is 2. The minimum atomic E-state index is 0. The second-order valence-corrected chi connectivity index (χ2v) is 10.9. The van der Waals surface area contributed by atoms with Gasteiger partial charge in [-0.25, -0.2) is 0 Å². The Hall–Kier alpha value is -1.38. The van der Waals surface area contributed by atoms with Gasteiger partial charge in [-0.1, -0.05) is 71.9 Å². The zero-order chi connectivity index (χ0) is 28.7. The van der Waals surface area contributed by atoms with E-state index in [-0.39, 0.29) is 50.7 Å². The van der Waals surface area contributed by atoms with E-state index in [9.17, 15) is 0 Å². The topological polar surface area (TPSA) is 40.2 Å². The Morgan fingerprint density at radius 1 is 0.605 bits per heavy atom. The minimum absolute atomic E-state index is 0. The van der Waals surface area contributed by atoms with Crippen LogP contribution in [0.25, 0.3) is 0 Å². The molecular weight excluding hydrogens is 707 g/mol. The van der Waals surface area contributed by atoms with E-state index in [1.165, 1.54) is 44.8 Å². The fourth-order valence-corrected chi connectivity index (χ4v) is 5.68. The van der Waals surface area contributed by atoms with Crippen molar-refractivity contribution in [3.05, 3.63) is 87.7 Å². The molecule has 241 valence electrons. The van der Waals surface area contributed by atoms with Crippen molar-refractivity contribution in [3.63, 3.8) is 0 Å².